The van der Waals surface area contributed by atoms with Crippen molar-refractivity contribution in [3.8, 4) is 0 Å². The highest BCUT2D eigenvalue weighted by Gasteiger charge is 2.15. The third-order valence-electron chi connectivity index (χ3n) is 2.45. The highest BCUT2D eigenvalue weighted by molar-refractivity contribution is 9.09. The van der Waals surface area contributed by atoms with Gasteiger partial charge in [-0.1, -0.05) is 54.5 Å². The van der Waals surface area contributed by atoms with Crippen LogP contribution in [-0.2, 0) is 9.53 Å². The van der Waals surface area contributed by atoms with Gasteiger partial charge in [0, 0.05) is 5.33 Å². The van der Waals surface area contributed by atoms with Crippen LogP contribution >= 0.6 is 15.9 Å². The van der Waals surface area contributed by atoms with Crippen molar-refractivity contribution in [2.24, 2.45) is 0 Å². The fraction of sp³-hybridized carbons (Fsp3) is 0.917. The molecule has 0 unspecified atom stereocenters. The lowest BCUT2D eigenvalue weighted by molar-refractivity contribution is -0.156. The van der Waals surface area contributed by atoms with Crippen LogP contribution in [0.4, 0.5) is 8.78 Å². The van der Waals surface area contributed by atoms with Crippen molar-refractivity contribution in [2.45, 2.75) is 57.8 Å². The van der Waals surface area contributed by atoms with Gasteiger partial charge in [-0.2, -0.15) is 8.78 Å². The molecule has 0 aromatic heterocycles. The summed E-state index contributed by atoms with van der Waals surface area (Å²) in [7, 11) is 0. The van der Waals surface area contributed by atoms with Gasteiger partial charge in [-0.15, -0.1) is 0 Å². The molecule has 2 nitrogen and oxygen atoms in total. The van der Waals surface area contributed by atoms with E-state index in [9.17, 15) is 13.6 Å². The topological polar surface area (TPSA) is 26.3 Å². The number of ether oxygens (including phenoxy) is 1. The van der Waals surface area contributed by atoms with E-state index in [0.717, 1.165) is 18.2 Å². The zero-order valence-corrected chi connectivity index (χ0v) is 11.7. The minimum Gasteiger partial charge on any atom is -0.461 e. The Bertz CT molecular complexity index is 189. The molecule has 0 aromatic rings. The van der Waals surface area contributed by atoms with Crippen LogP contribution in [0.1, 0.15) is 51.4 Å². The van der Waals surface area contributed by atoms with Gasteiger partial charge in [-0.05, 0) is 12.8 Å². The summed E-state index contributed by atoms with van der Waals surface area (Å²) in [6, 6.07) is 0. The Kier molecular flexibility index (Phi) is 12.1. The number of esters is 1. The van der Waals surface area contributed by atoms with Gasteiger partial charge in [0.2, 0.25) is 0 Å². The van der Waals surface area contributed by atoms with Crippen molar-refractivity contribution < 1.29 is 18.3 Å². The maximum Gasteiger partial charge on any atom is 0.373 e. The molecular weight excluding hydrogens is 294 g/mol. The average molecular weight is 315 g/mol. The smallest absolute Gasteiger partial charge is 0.373 e. The van der Waals surface area contributed by atoms with Crippen LogP contribution in [0.25, 0.3) is 0 Å². The van der Waals surface area contributed by atoms with E-state index in [0.29, 0.717) is 6.42 Å². The maximum absolute atomic E-state index is 11.7. The van der Waals surface area contributed by atoms with E-state index in [1.165, 1.54) is 32.1 Å². The van der Waals surface area contributed by atoms with E-state index in [1.54, 1.807) is 0 Å². The van der Waals surface area contributed by atoms with Gasteiger partial charge in [0.1, 0.15) is 0 Å². The lowest BCUT2D eigenvalue weighted by atomic mass is 10.1. The van der Waals surface area contributed by atoms with Gasteiger partial charge in [-0.3, -0.25) is 0 Å². The fourth-order valence-electron chi connectivity index (χ4n) is 1.49. The van der Waals surface area contributed by atoms with Crippen LogP contribution in [-0.4, -0.2) is 24.3 Å². The Morgan fingerprint density at radius 1 is 0.941 bits per heavy atom. The number of alkyl halides is 3. The molecule has 0 saturated carbocycles. The zero-order valence-electron chi connectivity index (χ0n) is 10.1. The van der Waals surface area contributed by atoms with Crippen molar-refractivity contribution >= 4 is 21.9 Å². The Morgan fingerprint density at radius 3 is 1.88 bits per heavy atom. The minimum absolute atomic E-state index is 0.118. The summed E-state index contributed by atoms with van der Waals surface area (Å²) in [5, 5.41) is 1.07. The molecule has 0 amide bonds. The maximum atomic E-state index is 11.7. The first-order valence-electron chi connectivity index (χ1n) is 6.19. The molecule has 0 aromatic carbocycles. The molecule has 0 aliphatic carbocycles. The number of hydrogen-bond acceptors (Lipinski definition) is 2. The second-order valence-electron chi connectivity index (χ2n) is 3.99. The van der Waals surface area contributed by atoms with Crippen LogP contribution < -0.4 is 0 Å². The van der Waals surface area contributed by atoms with Gasteiger partial charge in [-0.25, -0.2) is 4.79 Å². The summed E-state index contributed by atoms with van der Waals surface area (Å²) in [5.41, 5.74) is 0. The van der Waals surface area contributed by atoms with Crippen LogP contribution in [0.2, 0.25) is 0 Å². The first kappa shape index (κ1) is 16.8. The molecule has 102 valence electrons. The third kappa shape index (κ3) is 12.1. The van der Waals surface area contributed by atoms with Gasteiger partial charge < -0.3 is 4.74 Å². The second-order valence-corrected chi connectivity index (χ2v) is 4.78. The monoisotopic (exact) mass is 314 g/mol. The fourth-order valence-corrected chi connectivity index (χ4v) is 1.89. The molecule has 0 N–H and O–H groups in total. The molecule has 0 bridgehead atoms. The van der Waals surface area contributed by atoms with Crippen LogP contribution in [0, 0.1) is 0 Å². The first-order chi connectivity index (χ1) is 8.18. The average Bonchev–Trinajstić information content (AvgIpc) is 2.31. The summed E-state index contributed by atoms with van der Waals surface area (Å²) in [5.74, 6) is -1.40. The van der Waals surface area contributed by atoms with E-state index in [4.69, 9.17) is 0 Å². The zero-order chi connectivity index (χ0) is 12.9. The quantitative estimate of drug-likeness (QED) is 0.323. The van der Waals surface area contributed by atoms with Gasteiger partial charge in [0.25, 0.3) is 0 Å². The predicted octanol–water partition coefficient (Wildman–Crippen LogP) is 4.31. The Labute approximate surface area is 110 Å². The largest absolute Gasteiger partial charge is 0.461 e. The van der Waals surface area contributed by atoms with Crippen molar-refractivity contribution in [3.05, 3.63) is 0 Å². The number of carbonyl (C=O) groups is 1. The number of carbonyl (C=O) groups excluding carboxylic acids is 1. The summed E-state index contributed by atoms with van der Waals surface area (Å²) >= 11 is 3.39. The molecular formula is C12H21BrF2O2. The second kappa shape index (κ2) is 12.3. The molecule has 5 heteroatoms. The molecule has 17 heavy (non-hydrogen) atoms. The van der Waals surface area contributed by atoms with Crippen molar-refractivity contribution in [1.82, 2.24) is 0 Å². The van der Waals surface area contributed by atoms with Crippen LogP contribution in [0.3, 0.4) is 0 Å². The highest BCUT2D eigenvalue weighted by atomic mass is 79.9. The predicted molar refractivity (Wildman–Crippen MR) is 67.7 cm³/mol. The van der Waals surface area contributed by atoms with Crippen molar-refractivity contribution in [3.63, 3.8) is 0 Å². The molecule has 0 saturated heterocycles. The molecule has 0 atom stereocenters. The molecule has 0 aliphatic rings. The number of rotatable bonds is 11. The lowest BCUT2D eigenvalue weighted by Crippen LogP contribution is -2.14. The molecule has 0 heterocycles. The van der Waals surface area contributed by atoms with E-state index < -0.39 is 12.4 Å². The van der Waals surface area contributed by atoms with Crippen LogP contribution in [0.5, 0.6) is 0 Å². The first-order valence-corrected chi connectivity index (χ1v) is 7.31. The molecule has 0 spiro atoms. The van der Waals surface area contributed by atoms with E-state index in [1.807, 2.05) is 0 Å². The Balaban J connectivity index is 3.06. The Morgan fingerprint density at radius 2 is 1.41 bits per heavy atom. The molecule has 0 radical (unpaired) electrons. The van der Waals surface area contributed by atoms with Crippen molar-refractivity contribution in [1.29, 1.82) is 0 Å². The number of halogens is 3. The Hall–Kier alpha value is -0.190. The van der Waals surface area contributed by atoms with Gasteiger partial charge in [0.15, 0.2) is 0 Å². The molecule has 0 aliphatic heterocycles. The van der Waals surface area contributed by atoms with Crippen LogP contribution in [0.15, 0.2) is 0 Å². The molecule has 0 fully saturated rings. The standard InChI is InChI=1S/C12H21BrF2O2/c13-9-7-5-3-1-2-4-6-8-10-17-12(16)11(14)15/h11H,1-10H2. The SMILES string of the molecule is O=C(OCCCCCCCCCCBr)C(F)F. The summed E-state index contributed by atoms with van der Waals surface area (Å²) in [4.78, 5) is 10.4. The van der Waals surface area contributed by atoms with E-state index in [2.05, 4.69) is 20.7 Å². The minimum atomic E-state index is -3.00. The third-order valence-corrected chi connectivity index (χ3v) is 3.01. The lowest BCUT2D eigenvalue weighted by Gasteiger charge is -2.04. The molecule has 0 rings (SSSR count). The normalized spacial score (nSPS) is 10.8. The summed E-state index contributed by atoms with van der Waals surface area (Å²) in [6.45, 7) is 0.118. The summed E-state index contributed by atoms with van der Waals surface area (Å²) < 4.78 is 27.8. The van der Waals surface area contributed by atoms with E-state index >= 15 is 0 Å². The van der Waals surface area contributed by atoms with Gasteiger partial charge >= 0.3 is 12.4 Å². The summed E-state index contributed by atoms with van der Waals surface area (Å²) in [6.07, 6.45) is 5.85. The van der Waals surface area contributed by atoms with Crippen molar-refractivity contribution in [2.75, 3.05) is 11.9 Å². The number of unbranched alkanes of at least 4 members (excludes halogenated alkanes) is 7. The van der Waals surface area contributed by atoms with E-state index in [-0.39, 0.29) is 6.61 Å². The number of hydrogen-bond donors (Lipinski definition) is 0. The highest BCUT2D eigenvalue weighted by Crippen LogP contribution is 2.09. The van der Waals surface area contributed by atoms with Gasteiger partial charge in [0.05, 0.1) is 6.61 Å².